The third kappa shape index (κ3) is 7.43. The lowest BCUT2D eigenvalue weighted by molar-refractivity contribution is -0.212. The third-order valence-electron chi connectivity index (χ3n) is 8.74. The zero-order valence-corrected chi connectivity index (χ0v) is 25.7. The van der Waals surface area contributed by atoms with E-state index < -0.39 is 46.7 Å². The van der Waals surface area contributed by atoms with E-state index in [9.17, 15) is 33.4 Å². The van der Waals surface area contributed by atoms with E-state index in [2.05, 4.69) is 5.32 Å². The van der Waals surface area contributed by atoms with Gasteiger partial charge in [0.05, 0.1) is 31.3 Å². The number of aryl methyl sites for hydroxylation is 1. The molecule has 9 nitrogen and oxygen atoms in total. The molecule has 3 aromatic carbocycles. The lowest BCUT2D eigenvalue weighted by Crippen LogP contribution is -2.55. The Labute approximate surface area is 266 Å². The van der Waals surface area contributed by atoms with Crippen LogP contribution in [0.2, 0.25) is 0 Å². The molecule has 2 unspecified atom stereocenters. The molecule has 244 valence electrons. The van der Waals surface area contributed by atoms with Crippen molar-refractivity contribution in [3.63, 3.8) is 0 Å². The van der Waals surface area contributed by atoms with Crippen LogP contribution in [0, 0.1) is 17.6 Å². The van der Waals surface area contributed by atoms with E-state index in [0.29, 0.717) is 50.1 Å². The van der Waals surface area contributed by atoms with Crippen molar-refractivity contribution in [3.05, 3.63) is 101 Å². The predicted molar refractivity (Wildman–Crippen MR) is 165 cm³/mol. The summed E-state index contributed by atoms with van der Waals surface area (Å²) < 4.78 is 38.3. The fourth-order valence-electron chi connectivity index (χ4n) is 5.83. The number of aliphatic carboxylic acids is 1. The molecule has 2 aliphatic rings. The van der Waals surface area contributed by atoms with Crippen molar-refractivity contribution >= 4 is 23.5 Å². The number of halogens is 2. The van der Waals surface area contributed by atoms with E-state index >= 15 is 0 Å². The summed E-state index contributed by atoms with van der Waals surface area (Å²) in [6, 6.07) is 18.9. The molecule has 11 heteroatoms. The molecule has 0 saturated carbocycles. The van der Waals surface area contributed by atoms with Gasteiger partial charge in [-0.3, -0.25) is 9.59 Å². The van der Waals surface area contributed by atoms with Crippen molar-refractivity contribution in [2.45, 2.75) is 62.8 Å². The van der Waals surface area contributed by atoms with Gasteiger partial charge in [0.1, 0.15) is 29.4 Å². The Morgan fingerprint density at radius 2 is 1.63 bits per heavy atom. The summed E-state index contributed by atoms with van der Waals surface area (Å²) >= 11 is 0. The van der Waals surface area contributed by atoms with Crippen molar-refractivity contribution in [1.82, 2.24) is 5.32 Å². The molecule has 2 amide bonds. The lowest BCUT2D eigenvalue weighted by atomic mass is 9.78. The average Bonchev–Trinajstić information content (AvgIpc) is 3.00. The molecule has 46 heavy (non-hydrogen) atoms. The molecule has 0 spiro atoms. The van der Waals surface area contributed by atoms with Gasteiger partial charge < -0.3 is 29.9 Å². The zero-order chi connectivity index (χ0) is 33.1. The number of amides is 2. The first-order valence-corrected chi connectivity index (χ1v) is 15.2. The van der Waals surface area contributed by atoms with Crippen LogP contribution in [0.3, 0.4) is 0 Å². The van der Waals surface area contributed by atoms with Gasteiger partial charge in [0.2, 0.25) is 11.8 Å². The van der Waals surface area contributed by atoms with Crippen LogP contribution in [0.15, 0.2) is 72.8 Å². The summed E-state index contributed by atoms with van der Waals surface area (Å²) in [5, 5.41) is 22.4. The number of anilines is 1. The maximum atomic E-state index is 13.7. The van der Waals surface area contributed by atoms with Crippen LogP contribution in [0.25, 0.3) is 0 Å². The number of aliphatic hydroxyl groups excluding tert-OH is 1. The number of carbonyl (C=O) groups is 3. The van der Waals surface area contributed by atoms with Crippen LogP contribution in [-0.2, 0) is 30.3 Å². The summed E-state index contributed by atoms with van der Waals surface area (Å²) in [7, 11) is 0. The van der Waals surface area contributed by atoms with Gasteiger partial charge in [-0.1, -0.05) is 36.4 Å². The van der Waals surface area contributed by atoms with Gasteiger partial charge in [0, 0.05) is 5.69 Å². The van der Waals surface area contributed by atoms with E-state index in [4.69, 9.17) is 9.47 Å². The molecule has 0 aromatic heterocycles. The maximum absolute atomic E-state index is 13.7. The average molecular weight is 637 g/mol. The molecule has 5 rings (SSSR count). The van der Waals surface area contributed by atoms with Gasteiger partial charge in [-0.15, -0.1) is 0 Å². The van der Waals surface area contributed by atoms with Crippen LogP contribution in [0.4, 0.5) is 14.5 Å². The fourth-order valence-corrected chi connectivity index (χ4v) is 5.83. The number of carboxylic acid groups (broad SMARTS) is 1. The number of rotatable bonds is 14. The first-order valence-electron chi connectivity index (χ1n) is 15.2. The van der Waals surface area contributed by atoms with Crippen LogP contribution in [0.5, 0.6) is 0 Å². The second-order valence-corrected chi connectivity index (χ2v) is 12.6. The molecule has 0 aliphatic carbocycles. The molecule has 0 bridgehead atoms. The first kappa shape index (κ1) is 33.2. The van der Waals surface area contributed by atoms with Crippen LogP contribution >= 0.6 is 0 Å². The number of carboxylic acids is 1. The minimum absolute atomic E-state index is 0.119. The summed E-state index contributed by atoms with van der Waals surface area (Å²) in [4.78, 5) is 38.6. The van der Waals surface area contributed by atoms with E-state index in [-0.39, 0.29) is 18.6 Å². The minimum Gasteiger partial charge on any atom is -0.480 e. The highest BCUT2D eigenvalue weighted by molar-refractivity contribution is 6.03. The number of ether oxygens (including phenoxy) is 2. The normalized spacial score (nSPS) is 19.6. The number of β-lactam (4-membered cyclic amide) rings is 1. The highest BCUT2D eigenvalue weighted by atomic mass is 19.1. The SMILES string of the molecule is CC(C)(NC(=O)COC1(CCc2ccc(C3[C@@H](CCC(O)c4ccc(F)cc4)C(=O)N3c3ccc(F)cc3)cc2)COC1)C(=O)O. The van der Waals surface area contributed by atoms with Gasteiger partial charge in [-0.05, 0) is 92.6 Å². The first-order chi connectivity index (χ1) is 21.9. The molecular formula is C35H38F2N2O7. The molecule has 0 radical (unpaired) electrons. The van der Waals surface area contributed by atoms with Gasteiger partial charge in [-0.25, -0.2) is 13.6 Å². The summed E-state index contributed by atoms with van der Waals surface area (Å²) in [5.74, 6) is -2.99. The van der Waals surface area contributed by atoms with E-state index in [1.54, 1.807) is 17.0 Å². The predicted octanol–water partition coefficient (Wildman–Crippen LogP) is 4.88. The Morgan fingerprint density at radius 3 is 2.20 bits per heavy atom. The summed E-state index contributed by atoms with van der Waals surface area (Å²) in [5.41, 5.74) is 0.995. The summed E-state index contributed by atoms with van der Waals surface area (Å²) in [6.45, 7) is 3.16. The number of hydrogen-bond acceptors (Lipinski definition) is 6. The third-order valence-corrected chi connectivity index (χ3v) is 8.74. The van der Waals surface area contributed by atoms with Gasteiger partial charge in [0.25, 0.3) is 0 Å². The Bertz CT molecular complexity index is 1540. The quantitative estimate of drug-likeness (QED) is 0.216. The molecule has 3 aromatic rings. The monoisotopic (exact) mass is 636 g/mol. The number of carbonyl (C=O) groups excluding carboxylic acids is 2. The molecule has 3 atom stereocenters. The maximum Gasteiger partial charge on any atom is 0.328 e. The Balaban J connectivity index is 1.24. The lowest BCUT2D eigenvalue weighted by Gasteiger charge is -2.48. The largest absolute Gasteiger partial charge is 0.480 e. The number of nitrogens with one attached hydrogen (secondary N) is 1. The van der Waals surface area contributed by atoms with Gasteiger partial charge >= 0.3 is 5.97 Å². The highest BCUT2D eigenvalue weighted by Gasteiger charge is 2.48. The van der Waals surface area contributed by atoms with Crippen molar-refractivity contribution in [1.29, 1.82) is 0 Å². The van der Waals surface area contributed by atoms with E-state index in [1.807, 2.05) is 24.3 Å². The Kier molecular flexibility index (Phi) is 9.85. The van der Waals surface area contributed by atoms with E-state index in [1.165, 1.54) is 50.2 Å². The molecule has 2 fully saturated rings. The summed E-state index contributed by atoms with van der Waals surface area (Å²) in [6.07, 6.45) is 1.07. The Hall–Kier alpha value is -4.19. The fraction of sp³-hybridized carbons (Fsp3) is 0.400. The van der Waals surface area contributed by atoms with Gasteiger partial charge in [-0.2, -0.15) is 0 Å². The molecular weight excluding hydrogens is 598 g/mol. The molecule has 2 saturated heterocycles. The van der Waals surface area contributed by atoms with Crippen molar-refractivity contribution in [3.8, 4) is 0 Å². The van der Waals surface area contributed by atoms with Crippen LogP contribution in [-0.4, -0.2) is 59.0 Å². The molecule has 2 aliphatic heterocycles. The standard InChI is InChI=1S/C35H38F2N2O7/c1-34(2,33(43)44)38-30(41)19-46-35(20-45-21-35)18-17-22-3-5-24(6-4-22)31-28(15-16-29(40)23-7-9-25(36)10-8-23)32(42)39(31)27-13-11-26(37)12-14-27/h3-14,28-29,31,40H,15-21H2,1-2H3,(H,38,41)(H,43,44)/t28-,29?,31?/m1/s1. The van der Waals surface area contributed by atoms with Crippen molar-refractivity contribution < 1.29 is 42.9 Å². The molecule has 2 heterocycles. The topological polar surface area (TPSA) is 125 Å². The minimum atomic E-state index is -1.41. The Morgan fingerprint density at radius 1 is 1.02 bits per heavy atom. The smallest absolute Gasteiger partial charge is 0.328 e. The second kappa shape index (κ2) is 13.7. The van der Waals surface area contributed by atoms with Crippen molar-refractivity contribution in [2.75, 3.05) is 24.7 Å². The highest BCUT2D eigenvalue weighted by Crippen LogP contribution is 2.46. The second-order valence-electron chi connectivity index (χ2n) is 12.6. The number of benzene rings is 3. The number of nitrogens with zero attached hydrogens (tertiary/aromatic N) is 1. The van der Waals surface area contributed by atoms with Crippen LogP contribution < -0.4 is 10.2 Å². The van der Waals surface area contributed by atoms with Crippen molar-refractivity contribution in [2.24, 2.45) is 5.92 Å². The number of hydrogen-bond donors (Lipinski definition) is 3. The van der Waals surface area contributed by atoms with Crippen LogP contribution in [0.1, 0.15) is 61.9 Å². The zero-order valence-electron chi connectivity index (χ0n) is 25.7. The van der Waals surface area contributed by atoms with E-state index in [0.717, 1.165) is 11.1 Å². The number of aliphatic hydroxyl groups is 1. The molecule has 3 N–H and O–H groups in total. The van der Waals surface area contributed by atoms with Gasteiger partial charge in [0.15, 0.2) is 0 Å².